The van der Waals surface area contributed by atoms with Gasteiger partial charge in [0.15, 0.2) is 0 Å². The number of hydrogen-bond donors (Lipinski definition) is 1. The average Bonchev–Trinajstić information content (AvgIpc) is 2.66. The van der Waals surface area contributed by atoms with Gasteiger partial charge in [-0.1, -0.05) is 24.3 Å². The summed E-state index contributed by atoms with van der Waals surface area (Å²) in [5.41, 5.74) is 2.80. The van der Waals surface area contributed by atoms with E-state index >= 15 is 0 Å². The van der Waals surface area contributed by atoms with E-state index in [1.165, 1.54) is 17.5 Å². The zero-order valence-corrected chi connectivity index (χ0v) is 12.0. The highest BCUT2D eigenvalue weighted by Gasteiger charge is 2.31. The highest BCUT2D eigenvalue weighted by molar-refractivity contribution is 5.28. The van der Waals surface area contributed by atoms with E-state index in [1.807, 2.05) is 0 Å². The second-order valence-corrected chi connectivity index (χ2v) is 6.02. The number of aryl methyl sites for hydroxylation is 1. The Morgan fingerprint density at radius 2 is 2.11 bits per heavy atom. The largest absolute Gasteiger partial charge is 0.371 e. The van der Waals surface area contributed by atoms with Crippen molar-refractivity contribution in [3.8, 4) is 0 Å². The summed E-state index contributed by atoms with van der Waals surface area (Å²) in [6.07, 6.45) is 2.70. The second kappa shape index (κ2) is 5.41. The number of hydrogen-bond acceptors (Lipinski definition) is 2. The van der Waals surface area contributed by atoms with Crippen LogP contribution in [0.15, 0.2) is 24.3 Å². The molecule has 0 radical (unpaired) electrons. The molecule has 1 aliphatic heterocycles. The molecule has 0 amide bonds. The zero-order chi connectivity index (χ0) is 13.2. The van der Waals surface area contributed by atoms with Gasteiger partial charge in [-0.15, -0.1) is 0 Å². The molecule has 2 rings (SSSR count). The van der Waals surface area contributed by atoms with Gasteiger partial charge in [-0.2, -0.15) is 0 Å². The molecule has 0 saturated carbocycles. The van der Waals surface area contributed by atoms with Crippen LogP contribution in [0.1, 0.15) is 50.8 Å². The molecule has 0 bridgehead atoms. The molecule has 1 aromatic rings. The summed E-state index contributed by atoms with van der Waals surface area (Å²) in [4.78, 5) is 0. The molecule has 1 N–H and O–H groups in total. The van der Waals surface area contributed by atoms with E-state index in [0.717, 1.165) is 13.0 Å². The third-order valence-corrected chi connectivity index (χ3v) is 3.86. The van der Waals surface area contributed by atoms with Crippen LogP contribution in [-0.2, 0) is 4.74 Å². The fourth-order valence-electron chi connectivity index (χ4n) is 2.71. The van der Waals surface area contributed by atoms with E-state index in [0.29, 0.717) is 12.1 Å². The fourth-order valence-corrected chi connectivity index (χ4v) is 2.71. The molecule has 2 atom stereocenters. The van der Waals surface area contributed by atoms with Crippen LogP contribution in [-0.4, -0.2) is 18.2 Å². The van der Waals surface area contributed by atoms with Gasteiger partial charge in [0.05, 0.1) is 11.7 Å². The monoisotopic (exact) mass is 247 g/mol. The van der Waals surface area contributed by atoms with Crippen molar-refractivity contribution in [3.05, 3.63) is 35.4 Å². The summed E-state index contributed by atoms with van der Waals surface area (Å²) in [6.45, 7) is 9.69. The van der Waals surface area contributed by atoms with E-state index in [4.69, 9.17) is 4.74 Å². The quantitative estimate of drug-likeness (QED) is 0.877. The van der Waals surface area contributed by atoms with E-state index in [1.54, 1.807) is 0 Å². The lowest BCUT2D eigenvalue weighted by molar-refractivity contribution is -0.0150. The Hall–Kier alpha value is -0.860. The third-order valence-electron chi connectivity index (χ3n) is 3.86. The van der Waals surface area contributed by atoms with Gasteiger partial charge in [-0.3, -0.25) is 0 Å². The van der Waals surface area contributed by atoms with Crippen molar-refractivity contribution in [2.45, 2.75) is 58.3 Å². The maximum Gasteiger partial charge on any atom is 0.0708 e. The molecule has 1 unspecified atom stereocenters. The number of ether oxygens (including phenoxy) is 1. The molecule has 100 valence electrons. The Bertz CT molecular complexity index is 400. The summed E-state index contributed by atoms with van der Waals surface area (Å²) in [6, 6.07) is 8.96. The lowest BCUT2D eigenvalue weighted by Crippen LogP contribution is -2.31. The predicted octanol–water partition coefficient (Wildman–Crippen LogP) is 3.60. The standard InChI is InChI=1S/C16H25NO/c1-12-7-5-6-8-15(12)13(2)17-11-14-9-10-16(3,4)18-14/h5-8,13-14,17H,9-11H2,1-4H3/t13-,14?/m0/s1. The molecule has 0 aliphatic carbocycles. The molecule has 1 fully saturated rings. The normalized spacial score (nSPS) is 24.1. The first-order chi connectivity index (χ1) is 8.48. The van der Waals surface area contributed by atoms with Gasteiger partial charge in [-0.25, -0.2) is 0 Å². The maximum atomic E-state index is 6.00. The van der Waals surface area contributed by atoms with E-state index in [-0.39, 0.29) is 5.60 Å². The maximum absolute atomic E-state index is 6.00. The molecular formula is C16H25NO. The first kappa shape index (κ1) is 13.6. The van der Waals surface area contributed by atoms with Crippen molar-refractivity contribution in [2.24, 2.45) is 0 Å². The first-order valence-corrected chi connectivity index (χ1v) is 6.95. The Morgan fingerprint density at radius 3 is 2.72 bits per heavy atom. The zero-order valence-electron chi connectivity index (χ0n) is 12.0. The van der Waals surface area contributed by atoms with Gasteiger partial charge < -0.3 is 10.1 Å². The molecule has 1 heterocycles. The van der Waals surface area contributed by atoms with Crippen molar-refractivity contribution >= 4 is 0 Å². The van der Waals surface area contributed by atoms with Crippen molar-refractivity contribution in [3.63, 3.8) is 0 Å². The Kier molecular flexibility index (Phi) is 4.08. The van der Waals surface area contributed by atoms with Crippen LogP contribution in [0.2, 0.25) is 0 Å². The molecule has 0 aromatic heterocycles. The topological polar surface area (TPSA) is 21.3 Å². The summed E-state index contributed by atoms with van der Waals surface area (Å²) in [7, 11) is 0. The minimum atomic E-state index is 0.0677. The third kappa shape index (κ3) is 3.33. The average molecular weight is 247 g/mol. The van der Waals surface area contributed by atoms with Crippen LogP contribution in [0.4, 0.5) is 0 Å². The minimum absolute atomic E-state index is 0.0677. The molecule has 0 spiro atoms. The predicted molar refractivity (Wildman–Crippen MR) is 75.8 cm³/mol. The second-order valence-electron chi connectivity index (χ2n) is 6.02. The molecule has 1 saturated heterocycles. The summed E-state index contributed by atoms with van der Waals surface area (Å²) < 4.78 is 6.00. The highest BCUT2D eigenvalue weighted by atomic mass is 16.5. The van der Waals surface area contributed by atoms with Crippen LogP contribution in [0.5, 0.6) is 0 Å². The van der Waals surface area contributed by atoms with Crippen molar-refractivity contribution in [1.82, 2.24) is 5.32 Å². The Labute approximate surface area is 111 Å². The summed E-state index contributed by atoms with van der Waals surface area (Å²) in [5, 5.41) is 3.59. The van der Waals surface area contributed by atoms with E-state index in [2.05, 4.69) is 57.3 Å². The molecule has 2 nitrogen and oxygen atoms in total. The SMILES string of the molecule is Cc1ccccc1[C@H](C)NCC1CCC(C)(C)O1. The molecule has 18 heavy (non-hydrogen) atoms. The number of rotatable bonds is 4. The van der Waals surface area contributed by atoms with Gasteiger partial charge in [0.2, 0.25) is 0 Å². The number of nitrogens with one attached hydrogen (secondary N) is 1. The molecule has 2 heteroatoms. The Balaban J connectivity index is 1.86. The highest BCUT2D eigenvalue weighted by Crippen LogP contribution is 2.29. The lowest BCUT2D eigenvalue weighted by Gasteiger charge is -2.22. The van der Waals surface area contributed by atoms with Crippen molar-refractivity contribution < 1.29 is 4.74 Å². The van der Waals surface area contributed by atoms with Crippen LogP contribution in [0, 0.1) is 6.92 Å². The van der Waals surface area contributed by atoms with Crippen LogP contribution in [0.3, 0.4) is 0 Å². The smallest absolute Gasteiger partial charge is 0.0708 e. The van der Waals surface area contributed by atoms with Gasteiger partial charge >= 0.3 is 0 Å². The number of benzene rings is 1. The van der Waals surface area contributed by atoms with Gasteiger partial charge in [0, 0.05) is 12.6 Å². The Morgan fingerprint density at radius 1 is 1.39 bits per heavy atom. The van der Waals surface area contributed by atoms with Crippen LogP contribution >= 0.6 is 0 Å². The summed E-state index contributed by atoms with van der Waals surface area (Å²) in [5.74, 6) is 0. The van der Waals surface area contributed by atoms with E-state index < -0.39 is 0 Å². The summed E-state index contributed by atoms with van der Waals surface area (Å²) >= 11 is 0. The van der Waals surface area contributed by atoms with E-state index in [9.17, 15) is 0 Å². The lowest BCUT2D eigenvalue weighted by atomic mass is 10.0. The first-order valence-electron chi connectivity index (χ1n) is 6.95. The molecule has 1 aromatic carbocycles. The van der Waals surface area contributed by atoms with Gasteiger partial charge in [0.25, 0.3) is 0 Å². The van der Waals surface area contributed by atoms with Crippen molar-refractivity contribution in [1.29, 1.82) is 0 Å². The van der Waals surface area contributed by atoms with Crippen molar-refractivity contribution in [2.75, 3.05) is 6.54 Å². The minimum Gasteiger partial charge on any atom is -0.371 e. The fraction of sp³-hybridized carbons (Fsp3) is 0.625. The molecular weight excluding hydrogens is 222 g/mol. The molecule has 1 aliphatic rings. The van der Waals surface area contributed by atoms with Gasteiger partial charge in [0.1, 0.15) is 0 Å². The van der Waals surface area contributed by atoms with Gasteiger partial charge in [-0.05, 0) is 51.7 Å². The van der Waals surface area contributed by atoms with Crippen LogP contribution < -0.4 is 5.32 Å². The van der Waals surface area contributed by atoms with Crippen LogP contribution in [0.25, 0.3) is 0 Å².